The van der Waals surface area contributed by atoms with Crippen LogP contribution < -0.4 is 5.32 Å². The van der Waals surface area contributed by atoms with Gasteiger partial charge in [-0.05, 0) is 18.2 Å². The van der Waals surface area contributed by atoms with Gasteiger partial charge in [-0.3, -0.25) is 10.1 Å². The molecule has 0 bridgehead atoms. The minimum atomic E-state index is -0.835. The number of nitrogens with zero attached hydrogens (tertiary/aromatic N) is 1. The lowest BCUT2D eigenvalue weighted by atomic mass is 10.1. The SMILES string of the molecule is O=C1O[C@@H](Nc2ccc(F)cc2[N+](=O)[O-])c2ccccc21. The number of rotatable bonds is 3. The number of anilines is 1. The Morgan fingerprint density at radius 3 is 2.76 bits per heavy atom. The van der Waals surface area contributed by atoms with Crippen molar-refractivity contribution in [1.29, 1.82) is 0 Å². The van der Waals surface area contributed by atoms with Crippen molar-refractivity contribution in [2.24, 2.45) is 0 Å². The van der Waals surface area contributed by atoms with E-state index in [2.05, 4.69) is 5.32 Å². The summed E-state index contributed by atoms with van der Waals surface area (Å²) in [5.41, 5.74) is 0.646. The van der Waals surface area contributed by atoms with Gasteiger partial charge in [-0.2, -0.15) is 0 Å². The van der Waals surface area contributed by atoms with Gasteiger partial charge >= 0.3 is 5.97 Å². The fraction of sp³-hybridized carbons (Fsp3) is 0.0714. The quantitative estimate of drug-likeness (QED) is 0.533. The lowest BCUT2D eigenvalue weighted by Crippen LogP contribution is -2.11. The van der Waals surface area contributed by atoms with Crippen LogP contribution in [0.4, 0.5) is 15.8 Å². The normalized spacial score (nSPS) is 16.2. The maximum Gasteiger partial charge on any atom is 0.340 e. The van der Waals surface area contributed by atoms with Crippen molar-refractivity contribution >= 4 is 17.3 Å². The maximum atomic E-state index is 13.1. The molecular formula is C14H9FN2O4. The number of nitrogens with one attached hydrogen (secondary N) is 1. The summed E-state index contributed by atoms with van der Waals surface area (Å²) in [6.45, 7) is 0. The van der Waals surface area contributed by atoms with Crippen LogP contribution in [-0.4, -0.2) is 10.9 Å². The van der Waals surface area contributed by atoms with Crippen LogP contribution in [0.2, 0.25) is 0 Å². The molecule has 1 aliphatic rings. The lowest BCUT2D eigenvalue weighted by molar-refractivity contribution is -0.384. The number of nitro groups is 1. The van der Waals surface area contributed by atoms with E-state index in [1.807, 2.05) is 0 Å². The molecule has 0 saturated carbocycles. The number of cyclic esters (lactones) is 1. The molecule has 2 aromatic rings. The predicted octanol–water partition coefficient (Wildman–Crippen LogP) is 3.02. The molecular weight excluding hydrogens is 279 g/mol. The molecule has 0 unspecified atom stereocenters. The van der Waals surface area contributed by atoms with Crippen molar-refractivity contribution in [2.45, 2.75) is 6.23 Å². The van der Waals surface area contributed by atoms with Gasteiger partial charge in [0.15, 0.2) is 0 Å². The third kappa shape index (κ3) is 2.29. The van der Waals surface area contributed by atoms with Gasteiger partial charge in [-0.15, -0.1) is 0 Å². The van der Waals surface area contributed by atoms with Crippen molar-refractivity contribution in [3.05, 3.63) is 69.5 Å². The van der Waals surface area contributed by atoms with Gasteiger partial charge in [-0.1, -0.05) is 18.2 Å². The zero-order chi connectivity index (χ0) is 15.0. The second-order valence-electron chi connectivity index (χ2n) is 4.44. The van der Waals surface area contributed by atoms with Crippen LogP contribution in [0.15, 0.2) is 42.5 Å². The Hall–Kier alpha value is -2.96. The first kappa shape index (κ1) is 13.0. The highest BCUT2D eigenvalue weighted by Crippen LogP contribution is 2.34. The molecule has 0 fully saturated rings. The number of hydrogen-bond acceptors (Lipinski definition) is 5. The maximum absolute atomic E-state index is 13.1. The van der Waals surface area contributed by atoms with Crippen LogP contribution in [0.1, 0.15) is 22.1 Å². The van der Waals surface area contributed by atoms with E-state index >= 15 is 0 Å². The first-order valence-electron chi connectivity index (χ1n) is 6.06. The van der Waals surface area contributed by atoms with Gasteiger partial charge < -0.3 is 10.1 Å². The highest BCUT2D eigenvalue weighted by atomic mass is 19.1. The molecule has 1 atom stereocenters. The van der Waals surface area contributed by atoms with E-state index in [0.29, 0.717) is 11.1 Å². The van der Waals surface area contributed by atoms with Crippen LogP contribution in [0.5, 0.6) is 0 Å². The third-order valence-electron chi connectivity index (χ3n) is 3.13. The molecule has 106 valence electrons. The Kier molecular flexibility index (Phi) is 3.02. The molecule has 0 aliphatic carbocycles. The first-order valence-corrected chi connectivity index (χ1v) is 6.06. The molecule has 1 heterocycles. The Balaban J connectivity index is 1.96. The monoisotopic (exact) mass is 288 g/mol. The van der Waals surface area contributed by atoms with Crippen molar-refractivity contribution in [1.82, 2.24) is 0 Å². The second kappa shape index (κ2) is 4.86. The lowest BCUT2D eigenvalue weighted by Gasteiger charge is -2.14. The zero-order valence-electron chi connectivity index (χ0n) is 10.6. The molecule has 0 saturated heterocycles. The van der Waals surface area contributed by atoms with Gasteiger partial charge in [0.2, 0.25) is 6.23 Å². The number of ether oxygens (including phenoxy) is 1. The van der Waals surface area contributed by atoms with Crippen LogP contribution in [-0.2, 0) is 4.74 Å². The Labute approximate surface area is 118 Å². The van der Waals surface area contributed by atoms with Gasteiger partial charge in [0.25, 0.3) is 5.69 Å². The standard InChI is InChI=1S/C14H9FN2O4/c15-8-5-6-11(12(7-8)17(19)20)16-13-9-3-1-2-4-10(9)14(18)21-13/h1-7,13,16H/t13-/m1/s1. The third-order valence-corrected chi connectivity index (χ3v) is 3.13. The minimum Gasteiger partial charge on any atom is -0.434 e. The average Bonchev–Trinajstić information content (AvgIpc) is 2.78. The topological polar surface area (TPSA) is 81.5 Å². The molecule has 3 rings (SSSR count). The molecule has 1 N–H and O–H groups in total. The van der Waals surface area contributed by atoms with Crippen molar-refractivity contribution in [3.8, 4) is 0 Å². The van der Waals surface area contributed by atoms with Crippen LogP contribution >= 0.6 is 0 Å². The number of esters is 1. The molecule has 2 aromatic carbocycles. The predicted molar refractivity (Wildman–Crippen MR) is 71.3 cm³/mol. The fourth-order valence-electron chi connectivity index (χ4n) is 2.17. The highest BCUT2D eigenvalue weighted by Gasteiger charge is 2.31. The van der Waals surface area contributed by atoms with E-state index in [4.69, 9.17) is 4.74 Å². The number of fused-ring (bicyclic) bond motifs is 1. The van der Waals surface area contributed by atoms with Crippen molar-refractivity contribution in [3.63, 3.8) is 0 Å². The van der Waals surface area contributed by atoms with Gasteiger partial charge in [0.1, 0.15) is 11.5 Å². The summed E-state index contributed by atoms with van der Waals surface area (Å²) in [5, 5.41) is 13.7. The van der Waals surface area contributed by atoms with E-state index in [0.717, 1.165) is 12.1 Å². The first-order chi connectivity index (χ1) is 10.1. The van der Waals surface area contributed by atoms with Crippen LogP contribution in [0.3, 0.4) is 0 Å². The number of hydrogen-bond donors (Lipinski definition) is 1. The molecule has 1 aliphatic heterocycles. The van der Waals surface area contributed by atoms with Crippen LogP contribution in [0, 0.1) is 15.9 Å². The number of carbonyl (C=O) groups excluding carboxylic acids is 1. The molecule has 0 radical (unpaired) electrons. The Bertz CT molecular complexity index is 748. The molecule has 0 amide bonds. The summed E-state index contributed by atoms with van der Waals surface area (Å²) in [5.74, 6) is -1.22. The molecule has 7 heteroatoms. The molecule has 0 aromatic heterocycles. The number of carbonyl (C=O) groups is 1. The largest absolute Gasteiger partial charge is 0.434 e. The van der Waals surface area contributed by atoms with E-state index in [1.165, 1.54) is 6.07 Å². The highest BCUT2D eigenvalue weighted by molar-refractivity contribution is 5.94. The zero-order valence-corrected chi connectivity index (χ0v) is 10.6. The minimum absolute atomic E-state index is 0.0795. The van der Waals surface area contributed by atoms with Gasteiger partial charge in [0, 0.05) is 5.56 Å². The Morgan fingerprint density at radius 1 is 1.24 bits per heavy atom. The summed E-state index contributed by atoms with van der Waals surface area (Å²) >= 11 is 0. The summed E-state index contributed by atoms with van der Waals surface area (Å²) in [6, 6.07) is 9.87. The Morgan fingerprint density at radius 2 is 2.00 bits per heavy atom. The smallest absolute Gasteiger partial charge is 0.340 e. The number of halogens is 1. The summed E-state index contributed by atoms with van der Waals surface area (Å²) in [7, 11) is 0. The van der Waals surface area contributed by atoms with E-state index in [9.17, 15) is 19.3 Å². The summed E-state index contributed by atoms with van der Waals surface area (Å²) < 4.78 is 18.2. The van der Waals surface area contributed by atoms with Crippen molar-refractivity contribution in [2.75, 3.05) is 5.32 Å². The van der Waals surface area contributed by atoms with Crippen LogP contribution in [0.25, 0.3) is 0 Å². The van der Waals surface area contributed by atoms with E-state index in [-0.39, 0.29) is 5.69 Å². The molecule has 21 heavy (non-hydrogen) atoms. The molecule has 6 nitrogen and oxygen atoms in total. The fourth-order valence-corrected chi connectivity index (χ4v) is 2.17. The van der Waals surface area contributed by atoms with Gasteiger partial charge in [0.05, 0.1) is 16.6 Å². The molecule has 0 spiro atoms. The van der Waals surface area contributed by atoms with Crippen molar-refractivity contribution < 1.29 is 18.8 Å². The van der Waals surface area contributed by atoms with E-state index in [1.54, 1.807) is 24.3 Å². The van der Waals surface area contributed by atoms with E-state index < -0.39 is 28.6 Å². The number of nitro benzene ring substituents is 1. The number of benzene rings is 2. The second-order valence-corrected chi connectivity index (χ2v) is 4.44. The summed E-state index contributed by atoms with van der Waals surface area (Å²) in [4.78, 5) is 21.9. The van der Waals surface area contributed by atoms with Gasteiger partial charge in [-0.25, -0.2) is 9.18 Å². The average molecular weight is 288 g/mol. The summed E-state index contributed by atoms with van der Waals surface area (Å²) in [6.07, 6.45) is -0.835.